The molecule has 25 heavy (non-hydrogen) atoms. The lowest BCUT2D eigenvalue weighted by Gasteiger charge is -2.36. The maximum atomic E-state index is 13.0. The van der Waals surface area contributed by atoms with Crippen LogP contribution in [0.2, 0.25) is 0 Å². The molecule has 2 aromatic rings. The minimum Gasteiger partial charge on any atom is -0.455 e. The van der Waals surface area contributed by atoms with Crippen LogP contribution in [0.25, 0.3) is 10.8 Å². The summed E-state index contributed by atoms with van der Waals surface area (Å²) in [6.07, 6.45) is 7.57. The van der Waals surface area contributed by atoms with Crippen LogP contribution in [0, 0.1) is 0 Å². The summed E-state index contributed by atoms with van der Waals surface area (Å²) < 4.78 is 6.11. The van der Waals surface area contributed by atoms with Crippen molar-refractivity contribution in [3.8, 4) is 0 Å². The second kappa shape index (κ2) is 7.59. The van der Waals surface area contributed by atoms with E-state index in [9.17, 15) is 4.79 Å². The first-order chi connectivity index (χ1) is 12.1. The summed E-state index contributed by atoms with van der Waals surface area (Å²) in [4.78, 5) is 13.0. The van der Waals surface area contributed by atoms with E-state index in [-0.39, 0.29) is 11.6 Å². The molecular weight excluding hydrogens is 308 g/mol. The quantitative estimate of drug-likeness (QED) is 0.572. The van der Waals surface area contributed by atoms with Crippen molar-refractivity contribution in [1.29, 1.82) is 0 Å². The van der Waals surface area contributed by atoms with Gasteiger partial charge in [0, 0.05) is 0 Å². The van der Waals surface area contributed by atoms with Gasteiger partial charge in [-0.3, -0.25) is 0 Å². The van der Waals surface area contributed by atoms with Gasteiger partial charge >= 0.3 is 5.97 Å². The average molecular weight is 338 g/mol. The van der Waals surface area contributed by atoms with Gasteiger partial charge in [-0.1, -0.05) is 57.5 Å². The molecule has 1 fully saturated rings. The summed E-state index contributed by atoms with van der Waals surface area (Å²) in [7, 11) is 0. The zero-order valence-corrected chi connectivity index (χ0v) is 15.8. The van der Waals surface area contributed by atoms with Crippen LogP contribution in [0.1, 0.15) is 87.6 Å². The Morgan fingerprint density at radius 1 is 1.04 bits per heavy atom. The highest BCUT2D eigenvalue weighted by molar-refractivity contribution is 6.05. The van der Waals surface area contributed by atoms with Crippen LogP contribution in [-0.2, 0) is 4.74 Å². The summed E-state index contributed by atoms with van der Waals surface area (Å²) >= 11 is 0. The molecule has 0 amide bonds. The van der Waals surface area contributed by atoms with Gasteiger partial charge < -0.3 is 4.74 Å². The molecule has 2 heteroatoms. The molecule has 1 aliphatic carbocycles. The van der Waals surface area contributed by atoms with E-state index >= 15 is 0 Å². The maximum Gasteiger partial charge on any atom is 0.339 e. The van der Waals surface area contributed by atoms with Gasteiger partial charge in [0.05, 0.1) is 5.56 Å². The van der Waals surface area contributed by atoms with Crippen molar-refractivity contribution in [2.24, 2.45) is 0 Å². The second-order valence-electron chi connectivity index (χ2n) is 7.54. The van der Waals surface area contributed by atoms with Crippen molar-refractivity contribution in [1.82, 2.24) is 0 Å². The highest BCUT2D eigenvalue weighted by atomic mass is 16.6. The molecule has 1 saturated carbocycles. The molecular formula is C23H30O2. The Morgan fingerprint density at radius 2 is 1.72 bits per heavy atom. The first-order valence-corrected chi connectivity index (χ1v) is 9.85. The molecule has 0 heterocycles. The number of hydrogen-bond donors (Lipinski definition) is 0. The summed E-state index contributed by atoms with van der Waals surface area (Å²) in [5.74, 6) is 0.325. The Morgan fingerprint density at radius 3 is 2.36 bits per heavy atom. The van der Waals surface area contributed by atoms with Gasteiger partial charge in [-0.25, -0.2) is 4.79 Å². The maximum absolute atomic E-state index is 13.0. The van der Waals surface area contributed by atoms with E-state index in [1.54, 1.807) is 0 Å². The van der Waals surface area contributed by atoms with Gasteiger partial charge in [-0.15, -0.1) is 0 Å². The van der Waals surface area contributed by atoms with Crippen molar-refractivity contribution in [3.63, 3.8) is 0 Å². The largest absolute Gasteiger partial charge is 0.455 e. The lowest BCUT2D eigenvalue weighted by atomic mass is 9.82. The summed E-state index contributed by atoms with van der Waals surface area (Å²) in [5, 5.41) is 2.20. The Balaban J connectivity index is 1.97. The number of ether oxygens (including phenoxy) is 1. The number of hydrogen-bond acceptors (Lipinski definition) is 2. The molecule has 1 aliphatic rings. The highest BCUT2D eigenvalue weighted by Crippen LogP contribution is 2.36. The third-order valence-corrected chi connectivity index (χ3v) is 6.04. The van der Waals surface area contributed by atoms with Gasteiger partial charge in [0.1, 0.15) is 5.60 Å². The molecule has 0 bridgehead atoms. The van der Waals surface area contributed by atoms with Crippen LogP contribution in [0.3, 0.4) is 0 Å². The lowest BCUT2D eigenvalue weighted by Crippen LogP contribution is -2.36. The molecule has 2 nitrogen and oxygen atoms in total. The van der Waals surface area contributed by atoms with E-state index in [0.29, 0.717) is 11.5 Å². The molecule has 1 atom stereocenters. The predicted octanol–water partition coefficient (Wildman–Crippen LogP) is 6.62. The molecule has 3 rings (SSSR count). The Bertz CT molecular complexity index is 741. The minimum absolute atomic E-state index is 0.157. The Kier molecular flexibility index (Phi) is 5.46. The van der Waals surface area contributed by atoms with Crippen LogP contribution < -0.4 is 0 Å². The zero-order chi connectivity index (χ0) is 17.9. The molecule has 0 saturated heterocycles. The van der Waals surface area contributed by atoms with Crippen LogP contribution in [0.4, 0.5) is 0 Å². The Hall–Kier alpha value is -1.83. The van der Waals surface area contributed by atoms with E-state index in [1.165, 1.54) is 17.4 Å². The lowest BCUT2D eigenvalue weighted by molar-refractivity contribution is -0.0395. The third-order valence-electron chi connectivity index (χ3n) is 6.04. The number of carbonyl (C=O) groups is 1. The van der Waals surface area contributed by atoms with Crippen LogP contribution in [0.5, 0.6) is 0 Å². The number of fused-ring (bicyclic) bond motifs is 1. The van der Waals surface area contributed by atoms with Crippen molar-refractivity contribution >= 4 is 16.7 Å². The van der Waals surface area contributed by atoms with E-state index in [4.69, 9.17) is 4.74 Å². The summed E-state index contributed by atoms with van der Waals surface area (Å²) in [6, 6.07) is 12.3. The minimum atomic E-state index is -0.258. The van der Waals surface area contributed by atoms with E-state index in [0.717, 1.165) is 43.9 Å². The topological polar surface area (TPSA) is 26.3 Å². The van der Waals surface area contributed by atoms with Gasteiger partial charge in [0.2, 0.25) is 0 Å². The van der Waals surface area contributed by atoms with Crippen LogP contribution in [-0.4, -0.2) is 11.6 Å². The van der Waals surface area contributed by atoms with E-state index in [1.807, 2.05) is 12.1 Å². The highest BCUT2D eigenvalue weighted by Gasteiger charge is 2.34. The fraction of sp³-hybridized carbons (Fsp3) is 0.522. The summed E-state index contributed by atoms with van der Waals surface area (Å²) in [6.45, 7) is 6.59. The van der Waals surface area contributed by atoms with Crippen molar-refractivity contribution < 1.29 is 9.53 Å². The summed E-state index contributed by atoms with van der Waals surface area (Å²) in [5.41, 5.74) is 1.77. The smallest absolute Gasteiger partial charge is 0.339 e. The predicted molar refractivity (Wildman–Crippen MR) is 104 cm³/mol. The fourth-order valence-corrected chi connectivity index (χ4v) is 4.13. The normalized spacial score (nSPS) is 18.0. The molecule has 1 unspecified atom stereocenters. The second-order valence-corrected chi connectivity index (χ2v) is 7.54. The van der Waals surface area contributed by atoms with E-state index in [2.05, 4.69) is 45.0 Å². The molecule has 0 spiro atoms. The third kappa shape index (κ3) is 3.58. The van der Waals surface area contributed by atoms with Gasteiger partial charge in [-0.2, -0.15) is 0 Å². The fourth-order valence-electron chi connectivity index (χ4n) is 4.13. The van der Waals surface area contributed by atoms with Crippen molar-refractivity contribution in [2.75, 3.05) is 0 Å². The van der Waals surface area contributed by atoms with Gasteiger partial charge in [0.25, 0.3) is 0 Å². The zero-order valence-electron chi connectivity index (χ0n) is 15.8. The average Bonchev–Trinajstić information content (AvgIpc) is 2.67. The van der Waals surface area contributed by atoms with Crippen molar-refractivity contribution in [2.45, 2.75) is 77.2 Å². The van der Waals surface area contributed by atoms with E-state index < -0.39 is 0 Å². The first-order valence-electron chi connectivity index (χ1n) is 9.85. The SMILES string of the molecule is CCC(C)c1ccc(C(=O)OC2(CC)CCCCC2)c2ccccc12. The number of carbonyl (C=O) groups excluding carboxylic acids is 1. The molecule has 0 aliphatic heterocycles. The Labute approximate surface area is 151 Å². The molecule has 0 radical (unpaired) electrons. The number of esters is 1. The first kappa shape index (κ1) is 18.0. The monoisotopic (exact) mass is 338 g/mol. The van der Waals surface area contributed by atoms with Crippen LogP contribution in [0.15, 0.2) is 36.4 Å². The molecule has 2 aromatic carbocycles. The van der Waals surface area contributed by atoms with Crippen LogP contribution >= 0.6 is 0 Å². The number of rotatable bonds is 5. The number of benzene rings is 2. The van der Waals surface area contributed by atoms with Crippen molar-refractivity contribution in [3.05, 3.63) is 47.5 Å². The standard InChI is InChI=1S/C23H30O2/c1-4-17(3)18-13-14-21(20-12-8-7-11-19(18)20)22(24)25-23(5-2)15-9-6-10-16-23/h7-8,11-14,17H,4-6,9-10,15-16H2,1-3H3. The van der Waals surface area contributed by atoms with Gasteiger partial charge in [-0.05, 0) is 66.8 Å². The van der Waals surface area contributed by atoms with Gasteiger partial charge in [0.15, 0.2) is 0 Å². The molecule has 0 N–H and O–H groups in total. The molecule has 134 valence electrons. The molecule has 0 aromatic heterocycles.